The van der Waals surface area contributed by atoms with Crippen molar-refractivity contribution in [1.29, 1.82) is 0 Å². The van der Waals surface area contributed by atoms with E-state index in [9.17, 15) is 39.9 Å². The van der Waals surface area contributed by atoms with Gasteiger partial charge >= 0.3 is 23.8 Å². The highest BCUT2D eigenvalue weighted by Gasteiger charge is 2.76. The van der Waals surface area contributed by atoms with Crippen molar-refractivity contribution in [3.63, 3.8) is 0 Å². The second kappa shape index (κ2) is 14.0. The van der Waals surface area contributed by atoms with Crippen LogP contribution in [-0.2, 0) is 42.7 Å². The standard InChI is InChI=1S/C13H18F8O9/c1-9(10(21)22)30-13(28-7-19,29-8-20)11(23-2-14,24-3-15)12(25-4-16,26-5-17)27-6-18/h9H,2-8H2,1H3. The number of halogens is 8. The zero-order valence-corrected chi connectivity index (χ0v) is 15.2. The van der Waals surface area contributed by atoms with Gasteiger partial charge in [-0.25, -0.2) is 30.7 Å². The van der Waals surface area contributed by atoms with Gasteiger partial charge in [0.25, 0.3) is 0 Å². The molecule has 0 fully saturated rings. The predicted octanol–water partition coefficient (Wildman–Crippen LogP) is 2.50. The molecule has 9 nitrogen and oxygen atoms in total. The van der Waals surface area contributed by atoms with Crippen LogP contribution in [0.2, 0.25) is 0 Å². The van der Waals surface area contributed by atoms with E-state index in [2.05, 4.69) is 37.9 Å². The summed E-state index contributed by atoms with van der Waals surface area (Å²) < 4.78 is 139. The number of alkyl halides is 7. The highest BCUT2D eigenvalue weighted by Crippen LogP contribution is 2.47. The SMILES string of the molecule is CC(OC(OCF)(OCF)C(OCF)(OCF)C(OCF)(OCF)OCF)C(=O)F. The van der Waals surface area contributed by atoms with Gasteiger partial charge in [0.1, 0.15) is 0 Å². The molecule has 0 radical (unpaired) electrons. The largest absolute Gasteiger partial charge is 0.356 e. The molecule has 0 heterocycles. The maximum atomic E-state index is 13.2. The van der Waals surface area contributed by atoms with Gasteiger partial charge in [-0.3, -0.25) is 28.5 Å². The first-order chi connectivity index (χ1) is 14.3. The van der Waals surface area contributed by atoms with Crippen LogP contribution in [0.25, 0.3) is 0 Å². The minimum Gasteiger partial charge on any atom is -0.309 e. The van der Waals surface area contributed by atoms with Gasteiger partial charge in [0.05, 0.1) is 0 Å². The Hall–Kier alpha value is -1.21. The first-order valence-corrected chi connectivity index (χ1v) is 7.52. The van der Waals surface area contributed by atoms with Gasteiger partial charge in [-0.1, -0.05) is 0 Å². The van der Waals surface area contributed by atoms with Crippen LogP contribution in [-0.4, -0.2) is 77.9 Å². The van der Waals surface area contributed by atoms with E-state index in [-0.39, 0.29) is 0 Å². The third-order valence-electron chi connectivity index (χ3n) is 3.20. The lowest BCUT2D eigenvalue weighted by atomic mass is 10.1. The minimum absolute atomic E-state index is 0.569. The maximum Gasteiger partial charge on any atom is 0.356 e. The van der Waals surface area contributed by atoms with Gasteiger partial charge in [0.15, 0.2) is 54.1 Å². The van der Waals surface area contributed by atoms with Gasteiger partial charge in [-0.05, 0) is 6.92 Å². The van der Waals surface area contributed by atoms with Crippen molar-refractivity contribution in [1.82, 2.24) is 0 Å². The molecule has 0 aliphatic heterocycles. The quantitative estimate of drug-likeness (QED) is 0.160. The summed E-state index contributed by atoms with van der Waals surface area (Å²) in [5.41, 5.74) is 0. The fraction of sp³-hybridized carbons (Fsp3) is 0.923. The summed E-state index contributed by atoms with van der Waals surface area (Å²) in [6, 6.07) is -2.38. The molecule has 0 bridgehead atoms. The molecule has 30 heavy (non-hydrogen) atoms. The van der Waals surface area contributed by atoms with Crippen molar-refractivity contribution in [3.8, 4) is 0 Å². The number of ether oxygens (including phenoxy) is 8. The fourth-order valence-electron chi connectivity index (χ4n) is 2.16. The molecule has 17 heteroatoms. The molecule has 0 aliphatic carbocycles. The van der Waals surface area contributed by atoms with Crippen LogP contribution < -0.4 is 0 Å². The normalized spacial score (nSPS) is 14.2. The zero-order chi connectivity index (χ0) is 23.3. The van der Waals surface area contributed by atoms with Crippen LogP contribution in [0.3, 0.4) is 0 Å². The molecule has 0 aliphatic rings. The summed E-state index contributed by atoms with van der Waals surface area (Å²) in [5.74, 6) is -12.1. The summed E-state index contributed by atoms with van der Waals surface area (Å²) in [6.07, 6.45) is -2.42. The van der Waals surface area contributed by atoms with Crippen LogP contribution >= 0.6 is 0 Å². The van der Waals surface area contributed by atoms with Gasteiger partial charge in [0, 0.05) is 0 Å². The third-order valence-corrected chi connectivity index (χ3v) is 3.20. The van der Waals surface area contributed by atoms with E-state index in [1.54, 1.807) is 0 Å². The smallest absolute Gasteiger partial charge is 0.309 e. The lowest BCUT2D eigenvalue weighted by Gasteiger charge is -2.51. The molecule has 0 aromatic rings. The van der Waals surface area contributed by atoms with Crippen molar-refractivity contribution in [2.24, 2.45) is 0 Å². The molecule has 0 saturated carbocycles. The number of hydrogen-bond acceptors (Lipinski definition) is 9. The molecule has 0 aromatic carbocycles. The minimum atomic E-state index is -4.10. The van der Waals surface area contributed by atoms with Crippen LogP contribution in [0.15, 0.2) is 0 Å². The monoisotopic (exact) mass is 470 g/mol. The number of hydrogen-bond donors (Lipinski definition) is 0. The van der Waals surface area contributed by atoms with E-state index in [1.807, 2.05) is 0 Å². The Kier molecular flexibility index (Phi) is 13.4. The zero-order valence-electron chi connectivity index (χ0n) is 15.2. The lowest BCUT2D eigenvalue weighted by Crippen LogP contribution is -2.76. The van der Waals surface area contributed by atoms with Crippen molar-refractivity contribution >= 4 is 6.04 Å². The van der Waals surface area contributed by atoms with E-state index in [0.717, 1.165) is 0 Å². The van der Waals surface area contributed by atoms with Crippen molar-refractivity contribution in [2.75, 3.05) is 48.0 Å². The van der Waals surface area contributed by atoms with E-state index in [1.165, 1.54) is 0 Å². The molecule has 0 saturated heterocycles. The summed E-state index contributed by atoms with van der Waals surface area (Å²) in [6.45, 7) is -14.6. The van der Waals surface area contributed by atoms with E-state index >= 15 is 0 Å². The molecule has 180 valence electrons. The predicted molar refractivity (Wildman–Crippen MR) is 74.3 cm³/mol. The molecular formula is C13H18F8O9. The maximum absolute atomic E-state index is 13.2. The number of carbonyl (C=O) groups excluding carboxylic acids is 1. The van der Waals surface area contributed by atoms with Gasteiger partial charge in [-0.15, -0.1) is 0 Å². The first-order valence-electron chi connectivity index (χ1n) is 7.52. The summed E-state index contributed by atoms with van der Waals surface area (Å²) in [7, 11) is 0. The van der Waals surface area contributed by atoms with Crippen molar-refractivity contribution in [2.45, 2.75) is 30.8 Å². The number of rotatable bonds is 19. The third kappa shape index (κ3) is 6.16. The second-order valence-electron chi connectivity index (χ2n) is 4.57. The van der Waals surface area contributed by atoms with Crippen LogP contribution in [0.5, 0.6) is 0 Å². The molecule has 0 spiro atoms. The molecule has 0 amide bonds. The van der Waals surface area contributed by atoms with Crippen LogP contribution in [0.1, 0.15) is 6.92 Å². The highest BCUT2D eigenvalue weighted by molar-refractivity contribution is 5.72. The molecule has 1 atom stereocenters. The summed E-state index contributed by atoms with van der Waals surface area (Å²) >= 11 is 0. The lowest BCUT2D eigenvalue weighted by molar-refractivity contribution is -0.606. The Balaban J connectivity index is 7.12. The van der Waals surface area contributed by atoms with E-state index < -0.39 is 77.9 Å². The average Bonchev–Trinajstić information content (AvgIpc) is 2.68. The Labute approximate surface area is 164 Å². The summed E-state index contributed by atoms with van der Waals surface area (Å²) in [4.78, 5) is 10.9. The molecular weight excluding hydrogens is 452 g/mol. The van der Waals surface area contributed by atoms with Crippen molar-refractivity contribution in [3.05, 3.63) is 0 Å². The second-order valence-corrected chi connectivity index (χ2v) is 4.57. The average molecular weight is 470 g/mol. The van der Waals surface area contributed by atoms with E-state index in [4.69, 9.17) is 0 Å². The van der Waals surface area contributed by atoms with Gasteiger partial charge in [-0.2, -0.15) is 4.39 Å². The van der Waals surface area contributed by atoms with Crippen LogP contribution in [0, 0.1) is 0 Å². The molecule has 0 aromatic heterocycles. The Bertz CT molecular complexity index is 461. The Morgan fingerprint density at radius 1 is 0.633 bits per heavy atom. The highest BCUT2D eigenvalue weighted by atomic mass is 19.2. The molecule has 0 rings (SSSR count). The summed E-state index contributed by atoms with van der Waals surface area (Å²) in [5, 5.41) is 0. The van der Waals surface area contributed by atoms with Crippen LogP contribution in [0.4, 0.5) is 35.1 Å². The Morgan fingerprint density at radius 3 is 1.20 bits per heavy atom. The van der Waals surface area contributed by atoms with Gasteiger partial charge in [0.2, 0.25) is 0 Å². The topological polar surface area (TPSA) is 90.9 Å². The molecule has 0 N–H and O–H groups in total. The Morgan fingerprint density at radius 2 is 0.933 bits per heavy atom. The van der Waals surface area contributed by atoms with E-state index in [0.29, 0.717) is 6.92 Å². The first kappa shape index (κ1) is 28.8. The molecule has 1 unspecified atom stereocenters. The fourth-order valence-corrected chi connectivity index (χ4v) is 2.16. The van der Waals surface area contributed by atoms with Crippen molar-refractivity contribution < 1.29 is 77.8 Å². The number of carbonyl (C=O) groups is 1. The van der Waals surface area contributed by atoms with Gasteiger partial charge < -0.3 is 14.2 Å².